The van der Waals surface area contributed by atoms with Gasteiger partial charge in [-0.2, -0.15) is 4.72 Å². The molecule has 1 radical (unpaired) electrons. The molecule has 2 aliphatic rings. The molecule has 11 heavy (non-hydrogen) atoms. The van der Waals surface area contributed by atoms with Crippen LogP contribution in [-0.4, -0.2) is 37.7 Å². The number of hydrogen-bond donors (Lipinski definition) is 0. The Kier molecular flexibility index (Phi) is 2.68. The van der Waals surface area contributed by atoms with Gasteiger partial charge in [0.15, 0.2) is 0 Å². The van der Waals surface area contributed by atoms with E-state index in [1.807, 2.05) is 0 Å². The highest BCUT2D eigenvalue weighted by molar-refractivity contribution is 7.97. The van der Waals surface area contributed by atoms with Crippen molar-refractivity contribution in [3.8, 4) is 0 Å². The SMILES string of the molecule is C1COC(C2CCS[N]2)CO1. The number of rotatable bonds is 1. The summed E-state index contributed by atoms with van der Waals surface area (Å²) in [5.41, 5.74) is 0. The minimum absolute atomic E-state index is 0.235. The van der Waals surface area contributed by atoms with E-state index in [0.717, 1.165) is 32.0 Å². The van der Waals surface area contributed by atoms with Crippen LogP contribution in [0.25, 0.3) is 0 Å². The molecule has 63 valence electrons. The molecule has 2 rings (SSSR count). The van der Waals surface area contributed by atoms with Gasteiger partial charge >= 0.3 is 0 Å². The van der Waals surface area contributed by atoms with Gasteiger partial charge in [0.1, 0.15) is 0 Å². The quantitative estimate of drug-likeness (QED) is 0.540. The Labute approximate surface area is 71.0 Å². The average molecular weight is 174 g/mol. The topological polar surface area (TPSA) is 32.6 Å². The molecule has 0 saturated carbocycles. The summed E-state index contributed by atoms with van der Waals surface area (Å²) < 4.78 is 15.2. The molecule has 2 atom stereocenters. The summed E-state index contributed by atoms with van der Waals surface area (Å²) in [6.45, 7) is 2.21. The molecule has 3 nitrogen and oxygen atoms in total. The Morgan fingerprint density at radius 2 is 2.36 bits per heavy atom. The predicted molar refractivity (Wildman–Crippen MR) is 43.6 cm³/mol. The number of hydrogen-bond acceptors (Lipinski definition) is 3. The van der Waals surface area contributed by atoms with Crippen molar-refractivity contribution in [3.63, 3.8) is 0 Å². The average Bonchev–Trinajstić information content (AvgIpc) is 2.58. The molecule has 2 saturated heterocycles. The third-order valence-electron chi connectivity index (χ3n) is 1.99. The molecule has 0 amide bonds. The van der Waals surface area contributed by atoms with E-state index in [1.165, 1.54) is 0 Å². The van der Waals surface area contributed by atoms with Gasteiger partial charge in [-0.3, -0.25) is 0 Å². The molecule has 0 aromatic heterocycles. The van der Waals surface area contributed by atoms with E-state index in [1.54, 1.807) is 11.9 Å². The fraction of sp³-hybridized carbons (Fsp3) is 1.00. The molecule has 4 heteroatoms. The van der Waals surface area contributed by atoms with Crippen LogP contribution < -0.4 is 4.72 Å². The lowest BCUT2D eigenvalue weighted by atomic mass is 10.1. The van der Waals surface area contributed by atoms with Crippen LogP contribution in [0, 0.1) is 0 Å². The lowest BCUT2D eigenvalue weighted by Crippen LogP contribution is -2.40. The molecule has 2 heterocycles. The van der Waals surface area contributed by atoms with Gasteiger partial charge in [0.05, 0.1) is 32.0 Å². The first-order valence-electron chi connectivity index (χ1n) is 3.98. The first-order chi connectivity index (χ1) is 5.47. The molecule has 2 fully saturated rings. The molecular weight excluding hydrogens is 162 g/mol. The van der Waals surface area contributed by atoms with E-state index in [9.17, 15) is 0 Å². The Balaban J connectivity index is 1.82. The Morgan fingerprint density at radius 1 is 1.36 bits per heavy atom. The van der Waals surface area contributed by atoms with Crippen LogP contribution in [0.4, 0.5) is 0 Å². The Bertz CT molecular complexity index is 122. The van der Waals surface area contributed by atoms with Gasteiger partial charge in [0.2, 0.25) is 0 Å². The summed E-state index contributed by atoms with van der Waals surface area (Å²) in [5.74, 6) is 1.14. The highest BCUT2D eigenvalue weighted by atomic mass is 32.2. The Hall–Kier alpha value is 0.230. The third kappa shape index (κ3) is 1.87. The molecule has 2 aliphatic heterocycles. The van der Waals surface area contributed by atoms with Gasteiger partial charge in [-0.15, -0.1) is 0 Å². The van der Waals surface area contributed by atoms with E-state index in [0.29, 0.717) is 6.04 Å². The van der Waals surface area contributed by atoms with Crippen molar-refractivity contribution in [1.29, 1.82) is 0 Å². The van der Waals surface area contributed by atoms with Crippen LogP contribution in [0.2, 0.25) is 0 Å². The first kappa shape index (κ1) is 7.86. The minimum Gasteiger partial charge on any atom is -0.376 e. The van der Waals surface area contributed by atoms with Crippen molar-refractivity contribution < 1.29 is 9.47 Å². The third-order valence-corrected chi connectivity index (χ3v) is 2.82. The van der Waals surface area contributed by atoms with Gasteiger partial charge in [-0.25, -0.2) is 0 Å². The van der Waals surface area contributed by atoms with E-state index in [2.05, 4.69) is 4.72 Å². The Morgan fingerprint density at radius 3 is 3.00 bits per heavy atom. The van der Waals surface area contributed by atoms with Crippen LogP contribution in [0.1, 0.15) is 6.42 Å². The second-order valence-electron chi connectivity index (χ2n) is 2.78. The van der Waals surface area contributed by atoms with Gasteiger partial charge in [0.25, 0.3) is 0 Å². The summed E-state index contributed by atoms with van der Waals surface area (Å²) in [5, 5.41) is 0. The van der Waals surface area contributed by atoms with Gasteiger partial charge in [-0.1, -0.05) is 11.9 Å². The van der Waals surface area contributed by atoms with Crippen molar-refractivity contribution in [3.05, 3.63) is 0 Å². The molecule has 0 aromatic carbocycles. The van der Waals surface area contributed by atoms with Crippen LogP contribution in [0.5, 0.6) is 0 Å². The zero-order valence-corrected chi connectivity index (χ0v) is 7.18. The smallest absolute Gasteiger partial charge is 0.0988 e. The van der Waals surface area contributed by atoms with Crippen molar-refractivity contribution in [2.75, 3.05) is 25.6 Å². The molecule has 0 N–H and O–H groups in total. The van der Waals surface area contributed by atoms with Gasteiger partial charge < -0.3 is 9.47 Å². The van der Waals surface area contributed by atoms with Crippen molar-refractivity contribution in [1.82, 2.24) is 4.72 Å². The van der Waals surface area contributed by atoms with Crippen molar-refractivity contribution in [2.45, 2.75) is 18.6 Å². The zero-order valence-electron chi connectivity index (χ0n) is 6.36. The van der Waals surface area contributed by atoms with E-state index in [-0.39, 0.29) is 6.10 Å². The van der Waals surface area contributed by atoms with E-state index < -0.39 is 0 Å². The standard InChI is InChI=1S/C7H12NO2S/c1-4-11-8-6(1)7-5-9-2-3-10-7/h6-7H,1-5H2. The number of ether oxygens (including phenoxy) is 2. The second kappa shape index (κ2) is 3.76. The van der Waals surface area contributed by atoms with Crippen molar-refractivity contribution in [2.24, 2.45) is 0 Å². The van der Waals surface area contributed by atoms with E-state index >= 15 is 0 Å². The summed E-state index contributed by atoms with van der Waals surface area (Å²) >= 11 is 1.67. The zero-order chi connectivity index (χ0) is 7.52. The summed E-state index contributed by atoms with van der Waals surface area (Å²) in [7, 11) is 0. The lowest BCUT2D eigenvalue weighted by Gasteiger charge is -2.26. The molecule has 0 spiro atoms. The van der Waals surface area contributed by atoms with Crippen molar-refractivity contribution >= 4 is 11.9 Å². The normalized spacial score (nSPS) is 39.3. The largest absolute Gasteiger partial charge is 0.376 e. The minimum atomic E-state index is 0.235. The van der Waals surface area contributed by atoms with Crippen LogP contribution >= 0.6 is 11.9 Å². The van der Waals surface area contributed by atoms with E-state index in [4.69, 9.17) is 9.47 Å². The van der Waals surface area contributed by atoms with Crippen LogP contribution in [-0.2, 0) is 9.47 Å². The maximum absolute atomic E-state index is 5.53. The molecule has 2 unspecified atom stereocenters. The highest BCUT2D eigenvalue weighted by Gasteiger charge is 2.28. The van der Waals surface area contributed by atoms with Gasteiger partial charge in [0, 0.05) is 5.75 Å². The second-order valence-corrected chi connectivity index (χ2v) is 3.66. The molecule has 0 bridgehead atoms. The highest BCUT2D eigenvalue weighted by Crippen LogP contribution is 2.21. The fourth-order valence-electron chi connectivity index (χ4n) is 1.36. The number of nitrogens with zero attached hydrogens (tertiary/aromatic N) is 1. The van der Waals surface area contributed by atoms with Crippen LogP contribution in [0.15, 0.2) is 0 Å². The lowest BCUT2D eigenvalue weighted by molar-refractivity contribution is -0.0982. The van der Waals surface area contributed by atoms with Crippen LogP contribution in [0.3, 0.4) is 0 Å². The maximum Gasteiger partial charge on any atom is 0.0988 e. The summed E-state index contributed by atoms with van der Waals surface area (Å²) in [4.78, 5) is 0. The summed E-state index contributed by atoms with van der Waals surface area (Å²) in [6.07, 6.45) is 1.39. The summed E-state index contributed by atoms with van der Waals surface area (Å²) in [6, 6.07) is 0.389. The van der Waals surface area contributed by atoms with Gasteiger partial charge in [-0.05, 0) is 6.42 Å². The predicted octanol–water partition coefficient (Wildman–Crippen LogP) is 0.427. The molecule has 0 aromatic rings. The molecular formula is C7H12NO2S. The monoisotopic (exact) mass is 174 g/mol. The first-order valence-corrected chi connectivity index (χ1v) is 4.92. The maximum atomic E-state index is 5.53. The molecule has 0 aliphatic carbocycles. The fourth-order valence-corrected chi connectivity index (χ4v) is 2.24.